The van der Waals surface area contributed by atoms with Gasteiger partial charge in [-0.05, 0) is 75.5 Å². The number of hydrogen-bond acceptors (Lipinski definition) is 3. The molecule has 6 nitrogen and oxygen atoms in total. The molecule has 0 aliphatic heterocycles. The Labute approximate surface area is 160 Å². The monoisotopic (exact) mass is 370 g/mol. The molecule has 6 rings (SSSR count). The Morgan fingerprint density at radius 1 is 1.11 bits per heavy atom. The zero-order valence-electron chi connectivity index (χ0n) is 16.2. The van der Waals surface area contributed by atoms with E-state index in [-0.39, 0.29) is 17.2 Å². The van der Waals surface area contributed by atoms with E-state index in [9.17, 15) is 9.59 Å². The Morgan fingerprint density at radius 2 is 1.78 bits per heavy atom. The Balaban J connectivity index is 1.15. The molecule has 5 aliphatic carbocycles. The smallest absolute Gasteiger partial charge is 0.227 e. The van der Waals surface area contributed by atoms with Crippen LogP contribution in [0.5, 0.6) is 0 Å². The van der Waals surface area contributed by atoms with E-state index in [0.29, 0.717) is 13.0 Å². The van der Waals surface area contributed by atoms with Crippen molar-refractivity contribution in [2.45, 2.75) is 64.2 Å². The number of amides is 2. The molecule has 4 bridgehead atoms. The largest absolute Gasteiger partial charge is 0.355 e. The minimum absolute atomic E-state index is 0.0430. The number of fused-ring (bicyclic) bond motifs is 1. The van der Waals surface area contributed by atoms with Gasteiger partial charge in [-0.25, -0.2) is 0 Å². The van der Waals surface area contributed by atoms with Crippen molar-refractivity contribution in [3.05, 3.63) is 11.3 Å². The van der Waals surface area contributed by atoms with Gasteiger partial charge in [-0.15, -0.1) is 0 Å². The SMILES string of the molecule is Cn1nc2c(c1NC(=O)CCNC(=O)C13CC4CC(CC(C4)C1)C3)CCC2. The summed E-state index contributed by atoms with van der Waals surface area (Å²) in [4.78, 5) is 25.3. The fraction of sp³-hybridized carbons (Fsp3) is 0.762. The Bertz CT molecular complexity index is 746. The van der Waals surface area contributed by atoms with Crippen LogP contribution < -0.4 is 10.6 Å². The third kappa shape index (κ3) is 2.97. The molecule has 1 aromatic heterocycles. The molecule has 146 valence electrons. The molecule has 5 aliphatic rings. The lowest BCUT2D eigenvalue weighted by atomic mass is 9.49. The van der Waals surface area contributed by atoms with Crippen LogP contribution in [-0.2, 0) is 29.5 Å². The molecular weight excluding hydrogens is 340 g/mol. The quantitative estimate of drug-likeness (QED) is 0.836. The maximum Gasteiger partial charge on any atom is 0.227 e. The average molecular weight is 370 g/mol. The highest BCUT2D eigenvalue weighted by atomic mass is 16.2. The molecule has 2 N–H and O–H groups in total. The molecule has 0 atom stereocenters. The van der Waals surface area contributed by atoms with Crippen LogP contribution in [0.15, 0.2) is 0 Å². The number of aromatic nitrogens is 2. The molecule has 0 saturated heterocycles. The number of aryl methyl sites for hydroxylation is 2. The van der Waals surface area contributed by atoms with Crippen molar-refractivity contribution in [2.24, 2.45) is 30.2 Å². The molecule has 0 spiro atoms. The Hall–Kier alpha value is -1.85. The van der Waals surface area contributed by atoms with Crippen molar-refractivity contribution in [3.63, 3.8) is 0 Å². The molecule has 4 saturated carbocycles. The van der Waals surface area contributed by atoms with Crippen molar-refractivity contribution in [2.75, 3.05) is 11.9 Å². The molecule has 4 fully saturated rings. The first-order chi connectivity index (χ1) is 13.0. The van der Waals surface area contributed by atoms with Crippen LogP contribution in [0.2, 0.25) is 0 Å². The topological polar surface area (TPSA) is 76.0 Å². The summed E-state index contributed by atoms with van der Waals surface area (Å²) < 4.78 is 1.77. The average Bonchev–Trinajstić information content (AvgIpc) is 3.16. The normalized spacial score (nSPS) is 33.1. The molecule has 2 amide bonds. The predicted octanol–water partition coefficient (Wildman–Crippen LogP) is 2.57. The van der Waals surface area contributed by atoms with Crippen molar-refractivity contribution in [1.29, 1.82) is 0 Å². The first kappa shape index (κ1) is 17.3. The lowest BCUT2D eigenvalue weighted by Crippen LogP contribution is -2.53. The van der Waals surface area contributed by atoms with Crippen molar-refractivity contribution >= 4 is 17.6 Å². The molecular formula is C21H30N4O2. The minimum atomic E-state index is -0.131. The first-order valence-corrected chi connectivity index (χ1v) is 10.7. The molecule has 1 heterocycles. The third-order valence-electron chi connectivity index (χ3n) is 7.48. The molecule has 6 heteroatoms. The van der Waals surface area contributed by atoms with Crippen LogP contribution >= 0.6 is 0 Å². The van der Waals surface area contributed by atoms with Gasteiger partial charge in [0.05, 0.1) is 5.69 Å². The highest BCUT2D eigenvalue weighted by Gasteiger charge is 2.54. The fourth-order valence-corrected chi connectivity index (χ4v) is 6.74. The van der Waals surface area contributed by atoms with Gasteiger partial charge in [0.25, 0.3) is 0 Å². The second-order valence-corrected chi connectivity index (χ2v) is 9.50. The van der Waals surface area contributed by atoms with E-state index in [4.69, 9.17) is 0 Å². The van der Waals surface area contributed by atoms with Crippen molar-refractivity contribution in [3.8, 4) is 0 Å². The number of carbonyl (C=O) groups is 2. The molecule has 0 aromatic carbocycles. The van der Waals surface area contributed by atoms with E-state index in [1.165, 1.54) is 24.8 Å². The van der Waals surface area contributed by atoms with E-state index >= 15 is 0 Å². The zero-order chi connectivity index (χ0) is 18.6. The summed E-state index contributed by atoms with van der Waals surface area (Å²) >= 11 is 0. The van der Waals surface area contributed by atoms with Gasteiger partial charge < -0.3 is 10.6 Å². The van der Waals surface area contributed by atoms with Crippen LogP contribution in [0.25, 0.3) is 0 Å². The molecule has 1 aromatic rings. The summed E-state index contributed by atoms with van der Waals surface area (Å²) in [6, 6.07) is 0. The van der Waals surface area contributed by atoms with Gasteiger partial charge in [0.1, 0.15) is 5.82 Å². The molecule has 0 radical (unpaired) electrons. The fourth-order valence-electron chi connectivity index (χ4n) is 6.74. The zero-order valence-corrected chi connectivity index (χ0v) is 16.2. The van der Waals surface area contributed by atoms with Crippen LogP contribution in [0.1, 0.15) is 62.6 Å². The minimum Gasteiger partial charge on any atom is -0.355 e. The van der Waals surface area contributed by atoms with Gasteiger partial charge in [0, 0.05) is 31.0 Å². The second kappa shape index (κ2) is 6.35. The lowest BCUT2D eigenvalue weighted by Gasteiger charge is -2.55. The maximum atomic E-state index is 12.9. The third-order valence-corrected chi connectivity index (χ3v) is 7.48. The maximum absolute atomic E-state index is 12.9. The Morgan fingerprint density at radius 3 is 2.44 bits per heavy atom. The van der Waals surface area contributed by atoms with E-state index in [1.54, 1.807) is 4.68 Å². The van der Waals surface area contributed by atoms with E-state index in [2.05, 4.69) is 15.7 Å². The number of rotatable bonds is 5. The first-order valence-electron chi connectivity index (χ1n) is 10.7. The summed E-state index contributed by atoms with van der Waals surface area (Å²) in [5.74, 6) is 3.28. The van der Waals surface area contributed by atoms with E-state index in [1.807, 2.05) is 7.05 Å². The number of carbonyl (C=O) groups excluding carboxylic acids is 2. The summed E-state index contributed by atoms with van der Waals surface area (Å²) in [6.45, 7) is 0.423. The van der Waals surface area contributed by atoms with Gasteiger partial charge in [-0.3, -0.25) is 14.3 Å². The highest BCUT2D eigenvalue weighted by molar-refractivity contribution is 5.91. The summed E-state index contributed by atoms with van der Waals surface area (Å²) in [6.07, 6.45) is 10.6. The van der Waals surface area contributed by atoms with E-state index < -0.39 is 0 Å². The van der Waals surface area contributed by atoms with Crippen LogP contribution in [0.3, 0.4) is 0 Å². The van der Waals surface area contributed by atoms with Gasteiger partial charge in [-0.1, -0.05) is 0 Å². The summed E-state index contributed by atoms with van der Waals surface area (Å²) in [5.41, 5.74) is 2.17. The van der Waals surface area contributed by atoms with Gasteiger partial charge >= 0.3 is 0 Å². The second-order valence-electron chi connectivity index (χ2n) is 9.50. The number of anilines is 1. The van der Waals surface area contributed by atoms with Crippen molar-refractivity contribution in [1.82, 2.24) is 15.1 Å². The highest BCUT2D eigenvalue weighted by Crippen LogP contribution is 2.60. The lowest BCUT2D eigenvalue weighted by molar-refractivity contribution is -0.146. The molecule has 0 unspecified atom stereocenters. The Kier molecular flexibility index (Phi) is 4.06. The summed E-state index contributed by atoms with van der Waals surface area (Å²) in [7, 11) is 1.88. The van der Waals surface area contributed by atoms with E-state index in [0.717, 1.165) is 67.8 Å². The van der Waals surface area contributed by atoms with Crippen molar-refractivity contribution < 1.29 is 9.59 Å². The predicted molar refractivity (Wildman–Crippen MR) is 102 cm³/mol. The van der Waals surface area contributed by atoms with Gasteiger partial charge in [0.2, 0.25) is 11.8 Å². The van der Waals surface area contributed by atoms with Gasteiger partial charge in [-0.2, -0.15) is 5.10 Å². The standard InChI is InChI=1S/C21H30N4O2/c1-25-19(16-3-2-4-17(16)24-25)23-18(26)5-6-22-20(27)21-10-13-7-14(11-21)9-15(8-13)12-21/h13-15H,2-12H2,1H3,(H,22,27)(H,23,26). The number of nitrogens with zero attached hydrogens (tertiary/aromatic N) is 2. The van der Waals surface area contributed by atoms with Crippen LogP contribution in [-0.4, -0.2) is 28.1 Å². The number of nitrogens with one attached hydrogen (secondary N) is 2. The van der Waals surface area contributed by atoms with Gasteiger partial charge in [0.15, 0.2) is 0 Å². The van der Waals surface area contributed by atoms with Crippen LogP contribution in [0.4, 0.5) is 5.82 Å². The summed E-state index contributed by atoms with van der Waals surface area (Å²) in [5, 5.41) is 10.6. The molecule has 27 heavy (non-hydrogen) atoms. The van der Waals surface area contributed by atoms with Crippen LogP contribution in [0, 0.1) is 23.2 Å². The number of hydrogen-bond donors (Lipinski definition) is 2.